The van der Waals surface area contributed by atoms with Gasteiger partial charge in [-0.25, -0.2) is 9.19 Å². The van der Waals surface area contributed by atoms with E-state index in [9.17, 15) is 4.21 Å². The molecule has 26 heavy (non-hydrogen) atoms. The quantitative estimate of drug-likeness (QED) is 0.550. The molecular weight excluding hydrogens is 440 g/mol. The second-order valence-corrected chi connectivity index (χ2v) is 8.47. The Morgan fingerprint density at radius 3 is 2.46 bits per heavy atom. The Morgan fingerprint density at radius 2 is 1.88 bits per heavy atom. The zero-order valence-corrected chi connectivity index (χ0v) is 18.0. The maximum absolute atomic E-state index is 13.2. The molecule has 1 unspecified atom stereocenters. The van der Waals surface area contributed by atoms with Crippen molar-refractivity contribution in [3.05, 3.63) is 45.1 Å². The largest absolute Gasteiger partial charge is 0.496 e. The Morgan fingerprint density at radius 1 is 1.23 bits per heavy atom. The van der Waals surface area contributed by atoms with Crippen LogP contribution >= 0.6 is 27.5 Å². The standard InChI is InChI=1S/C18H18BrClN2O3S/c1-10-5-12(6-11(2)17(10)25-4)26(23)14-8-21-18-13(16(14)19)7-15(20)22(18)9-24-3/h5-8H,9H2,1-4H3. The van der Waals surface area contributed by atoms with Crippen molar-refractivity contribution in [1.29, 1.82) is 0 Å². The molecule has 0 saturated heterocycles. The summed E-state index contributed by atoms with van der Waals surface area (Å²) >= 11 is 9.85. The van der Waals surface area contributed by atoms with Crippen molar-refractivity contribution in [1.82, 2.24) is 9.55 Å². The normalized spacial score (nSPS) is 12.5. The number of rotatable bonds is 5. The summed E-state index contributed by atoms with van der Waals surface area (Å²) in [5.41, 5.74) is 2.55. The lowest BCUT2D eigenvalue weighted by Gasteiger charge is -2.12. The first-order chi connectivity index (χ1) is 12.4. The van der Waals surface area contributed by atoms with Crippen molar-refractivity contribution in [3.63, 3.8) is 0 Å². The molecular formula is C18H18BrClN2O3S. The van der Waals surface area contributed by atoms with Gasteiger partial charge in [0.25, 0.3) is 0 Å². The van der Waals surface area contributed by atoms with Gasteiger partial charge in [-0.05, 0) is 59.1 Å². The highest BCUT2D eigenvalue weighted by Crippen LogP contribution is 2.35. The first-order valence-corrected chi connectivity index (χ1v) is 10.1. The molecule has 0 aliphatic rings. The van der Waals surface area contributed by atoms with Crippen LogP contribution in [0.1, 0.15) is 11.1 Å². The molecule has 3 rings (SSSR count). The summed E-state index contributed by atoms with van der Waals surface area (Å²) < 4.78 is 26.2. The fraction of sp³-hybridized carbons (Fsp3) is 0.278. The van der Waals surface area contributed by atoms with Gasteiger partial charge in [0.1, 0.15) is 23.3 Å². The second-order valence-electron chi connectivity index (χ2n) is 5.85. The number of hydrogen-bond donors (Lipinski definition) is 0. The van der Waals surface area contributed by atoms with Crippen molar-refractivity contribution in [2.24, 2.45) is 0 Å². The molecule has 138 valence electrons. The molecule has 0 aliphatic carbocycles. The first kappa shape index (κ1) is 19.4. The van der Waals surface area contributed by atoms with Crippen molar-refractivity contribution < 1.29 is 13.7 Å². The molecule has 0 bridgehead atoms. The number of aromatic nitrogens is 2. The molecule has 0 aliphatic heterocycles. The Bertz CT molecular complexity index is 996. The van der Waals surface area contributed by atoms with Crippen molar-refractivity contribution in [2.75, 3.05) is 14.2 Å². The van der Waals surface area contributed by atoms with Gasteiger partial charge in [-0.15, -0.1) is 0 Å². The van der Waals surface area contributed by atoms with E-state index in [-0.39, 0.29) is 0 Å². The average Bonchev–Trinajstić information content (AvgIpc) is 2.92. The van der Waals surface area contributed by atoms with Crippen LogP contribution < -0.4 is 4.74 Å². The fourth-order valence-electron chi connectivity index (χ4n) is 2.97. The zero-order valence-electron chi connectivity index (χ0n) is 14.8. The molecule has 5 nitrogen and oxygen atoms in total. The minimum atomic E-state index is -1.39. The minimum absolute atomic E-state index is 0.293. The summed E-state index contributed by atoms with van der Waals surface area (Å²) in [6.45, 7) is 4.17. The predicted octanol–water partition coefficient (Wildman–Crippen LogP) is 4.85. The zero-order chi connectivity index (χ0) is 19.0. The molecule has 0 saturated carbocycles. The van der Waals surface area contributed by atoms with Crippen LogP contribution in [0, 0.1) is 13.8 Å². The summed E-state index contributed by atoms with van der Waals surface area (Å²) in [6.07, 6.45) is 1.61. The number of methoxy groups -OCH3 is 2. The second kappa shape index (κ2) is 7.68. The van der Waals surface area contributed by atoms with Gasteiger partial charge in [-0.2, -0.15) is 0 Å². The van der Waals surface area contributed by atoms with Crippen LogP contribution in [0.3, 0.4) is 0 Å². The highest BCUT2D eigenvalue weighted by molar-refractivity contribution is 9.10. The monoisotopic (exact) mass is 456 g/mol. The first-order valence-electron chi connectivity index (χ1n) is 7.78. The lowest BCUT2D eigenvalue weighted by Crippen LogP contribution is -2.02. The molecule has 0 N–H and O–H groups in total. The maximum Gasteiger partial charge on any atom is 0.144 e. The SMILES string of the molecule is COCn1c(Cl)cc2c(Br)c(S(=O)c3cc(C)c(OC)c(C)c3)cnc21. The van der Waals surface area contributed by atoms with Gasteiger partial charge in [0.15, 0.2) is 0 Å². The molecule has 2 heterocycles. The Labute approximate surface area is 167 Å². The van der Waals surface area contributed by atoms with E-state index in [2.05, 4.69) is 20.9 Å². The third-order valence-electron chi connectivity index (χ3n) is 4.08. The minimum Gasteiger partial charge on any atom is -0.496 e. The summed E-state index contributed by atoms with van der Waals surface area (Å²) in [5, 5.41) is 1.30. The molecule has 8 heteroatoms. The van der Waals surface area contributed by atoms with Crippen LogP contribution in [0.25, 0.3) is 11.0 Å². The summed E-state index contributed by atoms with van der Waals surface area (Å²) in [4.78, 5) is 5.75. The average molecular weight is 458 g/mol. The van der Waals surface area contributed by atoms with E-state index in [1.807, 2.05) is 26.0 Å². The molecule has 2 aromatic heterocycles. The summed E-state index contributed by atoms with van der Waals surface area (Å²) in [7, 11) is 1.83. The van der Waals surface area contributed by atoms with Crippen LogP contribution in [0.4, 0.5) is 0 Å². The van der Waals surface area contributed by atoms with E-state index in [4.69, 9.17) is 21.1 Å². The molecule has 0 amide bonds. The van der Waals surface area contributed by atoms with Gasteiger partial charge in [0.2, 0.25) is 0 Å². The van der Waals surface area contributed by atoms with Gasteiger partial charge in [-0.3, -0.25) is 4.57 Å². The topological polar surface area (TPSA) is 53.4 Å². The number of hydrogen-bond acceptors (Lipinski definition) is 4. The molecule has 3 aromatic rings. The van der Waals surface area contributed by atoms with E-state index in [0.29, 0.717) is 31.8 Å². The number of halogens is 2. The van der Waals surface area contributed by atoms with Gasteiger partial charge < -0.3 is 9.47 Å². The predicted molar refractivity (Wildman–Crippen MR) is 107 cm³/mol. The van der Waals surface area contributed by atoms with E-state index in [1.165, 1.54) is 0 Å². The summed E-state index contributed by atoms with van der Waals surface area (Å²) in [6, 6.07) is 5.54. The van der Waals surface area contributed by atoms with Crippen molar-refractivity contribution in [3.8, 4) is 5.75 Å². The third kappa shape index (κ3) is 3.29. The number of pyridine rings is 1. The number of ether oxygens (including phenoxy) is 2. The van der Waals surface area contributed by atoms with Crippen molar-refractivity contribution >= 4 is 49.4 Å². The number of nitrogens with zero attached hydrogens (tertiary/aromatic N) is 2. The van der Waals surface area contributed by atoms with Gasteiger partial charge in [0, 0.05) is 28.1 Å². The molecule has 0 fully saturated rings. The lowest BCUT2D eigenvalue weighted by atomic mass is 10.1. The Kier molecular flexibility index (Phi) is 5.72. The summed E-state index contributed by atoms with van der Waals surface area (Å²) in [5.74, 6) is 0.807. The number of aryl methyl sites for hydroxylation is 2. The van der Waals surface area contributed by atoms with E-state index in [1.54, 1.807) is 31.0 Å². The highest BCUT2D eigenvalue weighted by Gasteiger charge is 2.19. The number of fused-ring (bicyclic) bond motifs is 1. The van der Waals surface area contributed by atoms with Crippen LogP contribution in [-0.2, 0) is 22.3 Å². The van der Waals surface area contributed by atoms with Crippen LogP contribution in [0.15, 0.2) is 38.7 Å². The van der Waals surface area contributed by atoms with Gasteiger partial charge in [-0.1, -0.05) is 11.6 Å². The van der Waals surface area contributed by atoms with Crippen LogP contribution in [0.2, 0.25) is 5.15 Å². The van der Waals surface area contributed by atoms with Crippen molar-refractivity contribution in [2.45, 2.75) is 30.4 Å². The smallest absolute Gasteiger partial charge is 0.144 e. The highest BCUT2D eigenvalue weighted by atomic mass is 79.9. The number of benzene rings is 1. The van der Waals surface area contributed by atoms with Crippen LogP contribution in [0.5, 0.6) is 5.75 Å². The molecule has 1 atom stereocenters. The third-order valence-corrected chi connectivity index (χ3v) is 6.89. The maximum atomic E-state index is 13.2. The fourth-order valence-corrected chi connectivity index (χ4v) is 5.28. The van der Waals surface area contributed by atoms with Gasteiger partial charge in [0.05, 0.1) is 22.8 Å². The van der Waals surface area contributed by atoms with Crippen LogP contribution in [-0.4, -0.2) is 28.0 Å². The Hall–Kier alpha value is -1.41. The molecule has 1 aromatic carbocycles. The lowest BCUT2D eigenvalue weighted by molar-refractivity contribution is 0.134. The Balaban J connectivity index is 2.11. The van der Waals surface area contributed by atoms with E-state index >= 15 is 0 Å². The van der Waals surface area contributed by atoms with E-state index in [0.717, 1.165) is 22.3 Å². The van der Waals surface area contributed by atoms with Gasteiger partial charge >= 0.3 is 0 Å². The van der Waals surface area contributed by atoms with E-state index < -0.39 is 10.8 Å². The molecule has 0 spiro atoms. The molecule has 0 radical (unpaired) electrons.